The number of hydrogen-bond acceptors (Lipinski definition) is 3. The van der Waals surface area contributed by atoms with Gasteiger partial charge < -0.3 is 0 Å². The van der Waals surface area contributed by atoms with Crippen molar-refractivity contribution < 1.29 is 0 Å². The lowest BCUT2D eigenvalue weighted by Gasteiger charge is -2.04. The maximum atomic E-state index is 3.64. The van der Waals surface area contributed by atoms with Crippen molar-refractivity contribution in [2.24, 2.45) is 0 Å². The molecule has 0 aliphatic rings. The number of aryl methyl sites for hydroxylation is 1. The minimum atomic E-state index is 1.20. The van der Waals surface area contributed by atoms with Crippen molar-refractivity contribution in [2.45, 2.75) is 90.4 Å². The van der Waals surface area contributed by atoms with Gasteiger partial charge in [0, 0.05) is 19.5 Å². The van der Waals surface area contributed by atoms with Gasteiger partial charge in [-0.15, -0.1) is 34.0 Å². The van der Waals surface area contributed by atoms with Crippen LogP contribution < -0.4 is 0 Å². The molecule has 0 spiro atoms. The molecular formula is C26H34Br2S3. The molecule has 0 nitrogen and oxygen atoms in total. The van der Waals surface area contributed by atoms with E-state index in [1.807, 2.05) is 34.0 Å². The van der Waals surface area contributed by atoms with Crippen molar-refractivity contribution in [3.63, 3.8) is 0 Å². The van der Waals surface area contributed by atoms with Gasteiger partial charge in [-0.25, -0.2) is 0 Å². The number of rotatable bonds is 15. The summed E-state index contributed by atoms with van der Waals surface area (Å²) in [5.41, 5.74) is 1.53. The lowest BCUT2D eigenvalue weighted by atomic mass is 10.0. The summed E-state index contributed by atoms with van der Waals surface area (Å²) in [6.07, 6.45) is 18.1. The summed E-state index contributed by atoms with van der Waals surface area (Å²) in [6, 6.07) is 11.3. The summed E-state index contributed by atoms with van der Waals surface area (Å²) in [6.45, 7) is 2.29. The highest BCUT2D eigenvalue weighted by Crippen LogP contribution is 2.44. The van der Waals surface area contributed by atoms with Crippen LogP contribution in [0.4, 0.5) is 0 Å². The number of hydrogen-bond donors (Lipinski definition) is 0. The molecule has 0 aromatic carbocycles. The van der Waals surface area contributed by atoms with Crippen LogP contribution in [-0.4, -0.2) is 0 Å². The van der Waals surface area contributed by atoms with Crippen molar-refractivity contribution in [3.8, 4) is 19.5 Å². The van der Waals surface area contributed by atoms with E-state index in [1.165, 1.54) is 116 Å². The molecule has 0 atom stereocenters. The minimum absolute atomic E-state index is 1.20. The van der Waals surface area contributed by atoms with E-state index in [2.05, 4.69) is 69.1 Å². The Morgan fingerprint density at radius 2 is 1.10 bits per heavy atom. The number of thiophene rings is 3. The average Bonchev–Trinajstić information content (AvgIpc) is 3.48. The highest BCUT2D eigenvalue weighted by atomic mass is 79.9. The van der Waals surface area contributed by atoms with Gasteiger partial charge >= 0.3 is 0 Å². The summed E-state index contributed by atoms with van der Waals surface area (Å²) in [5, 5.41) is 0. The minimum Gasteiger partial charge on any atom is -0.133 e. The van der Waals surface area contributed by atoms with Gasteiger partial charge in [-0.2, -0.15) is 0 Å². The summed E-state index contributed by atoms with van der Waals surface area (Å²) in [4.78, 5) is 5.64. The van der Waals surface area contributed by atoms with Crippen LogP contribution in [0.25, 0.3) is 19.5 Å². The van der Waals surface area contributed by atoms with Gasteiger partial charge in [0.2, 0.25) is 0 Å². The predicted octanol–water partition coefficient (Wildman–Crippen LogP) is 12.0. The van der Waals surface area contributed by atoms with Gasteiger partial charge in [0.1, 0.15) is 0 Å². The molecule has 31 heavy (non-hydrogen) atoms. The van der Waals surface area contributed by atoms with E-state index in [-0.39, 0.29) is 0 Å². The molecule has 0 bridgehead atoms. The Hall–Kier alpha value is 0.0600. The van der Waals surface area contributed by atoms with Crippen LogP contribution in [0.3, 0.4) is 0 Å². The Morgan fingerprint density at radius 1 is 0.581 bits per heavy atom. The zero-order chi connectivity index (χ0) is 21.9. The fourth-order valence-corrected chi connectivity index (χ4v) is 8.19. The van der Waals surface area contributed by atoms with Crippen molar-refractivity contribution >= 4 is 65.9 Å². The quantitative estimate of drug-likeness (QED) is 0.152. The van der Waals surface area contributed by atoms with E-state index in [0.29, 0.717) is 0 Å². The third kappa shape index (κ3) is 8.73. The average molecular weight is 603 g/mol. The van der Waals surface area contributed by atoms with Crippen LogP contribution in [0.2, 0.25) is 0 Å². The van der Waals surface area contributed by atoms with Gasteiger partial charge in [-0.05, 0) is 80.6 Å². The number of halogens is 2. The molecule has 170 valence electrons. The van der Waals surface area contributed by atoms with E-state index < -0.39 is 0 Å². The normalized spacial score (nSPS) is 11.5. The van der Waals surface area contributed by atoms with E-state index in [4.69, 9.17) is 0 Å². The topological polar surface area (TPSA) is 0 Å². The SMILES string of the molecule is CCCCCCCCCCCCCCc1cc(-c2ccc(Br)s2)sc1-c1ccc(Br)s1. The van der Waals surface area contributed by atoms with Gasteiger partial charge in [0.15, 0.2) is 0 Å². The maximum absolute atomic E-state index is 3.64. The molecule has 0 aliphatic heterocycles. The Bertz CT molecular complexity index is 890. The summed E-state index contributed by atoms with van der Waals surface area (Å²) >= 11 is 12.9. The largest absolute Gasteiger partial charge is 0.133 e. The molecule has 3 aromatic heterocycles. The van der Waals surface area contributed by atoms with E-state index in [9.17, 15) is 0 Å². The van der Waals surface area contributed by atoms with Crippen LogP contribution >= 0.6 is 65.9 Å². The second kappa shape index (κ2) is 14.3. The molecule has 0 amide bonds. The Morgan fingerprint density at radius 3 is 1.61 bits per heavy atom. The van der Waals surface area contributed by atoms with E-state index >= 15 is 0 Å². The molecule has 0 unspecified atom stereocenters. The zero-order valence-electron chi connectivity index (χ0n) is 18.6. The first-order chi connectivity index (χ1) is 15.2. The van der Waals surface area contributed by atoms with Crippen LogP contribution in [0.5, 0.6) is 0 Å². The fraction of sp³-hybridized carbons (Fsp3) is 0.538. The van der Waals surface area contributed by atoms with Gasteiger partial charge in [0.05, 0.1) is 7.57 Å². The van der Waals surface area contributed by atoms with E-state index in [1.54, 1.807) is 0 Å². The molecule has 5 heteroatoms. The number of unbranched alkanes of at least 4 members (excludes halogenated alkanes) is 11. The molecule has 0 N–H and O–H groups in total. The first-order valence-corrected chi connectivity index (χ1v) is 15.8. The fourth-order valence-electron chi connectivity index (χ4n) is 3.98. The van der Waals surface area contributed by atoms with Crippen molar-refractivity contribution in [3.05, 3.63) is 43.5 Å². The molecule has 0 saturated carbocycles. The summed E-state index contributed by atoms with van der Waals surface area (Å²) < 4.78 is 2.42. The van der Waals surface area contributed by atoms with Gasteiger partial charge in [0.25, 0.3) is 0 Å². The molecule has 3 aromatic rings. The monoisotopic (exact) mass is 600 g/mol. The van der Waals surface area contributed by atoms with Crippen molar-refractivity contribution in [1.82, 2.24) is 0 Å². The third-order valence-corrected chi connectivity index (χ3v) is 10.5. The standard InChI is InChI=1S/C26H34Br2S3/c1-2-3-4-5-6-7-8-9-10-11-12-13-14-20-19-23(21-15-17-24(27)29-21)31-26(20)22-16-18-25(28)30-22/h15-19H,2-14H2,1H3. The third-order valence-electron chi connectivity index (χ3n) is 5.72. The lowest BCUT2D eigenvalue weighted by Crippen LogP contribution is -1.86. The van der Waals surface area contributed by atoms with Crippen LogP contribution in [0, 0.1) is 0 Å². The van der Waals surface area contributed by atoms with Gasteiger partial charge in [-0.3, -0.25) is 0 Å². The summed E-state index contributed by atoms with van der Waals surface area (Å²) in [7, 11) is 0. The Kier molecular flexibility index (Phi) is 11.9. The highest BCUT2D eigenvalue weighted by molar-refractivity contribution is 9.11. The predicted molar refractivity (Wildman–Crippen MR) is 151 cm³/mol. The molecule has 0 saturated heterocycles. The van der Waals surface area contributed by atoms with Crippen molar-refractivity contribution in [2.75, 3.05) is 0 Å². The lowest BCUT2D eigenvalue weighted by molar-refractivity contribution is 0.544. The molecule has 3 rings (SSSR count). The van der Waals surface area contributed by atoms with E-state index in [0.717, 1.165) is 0 Å². The Labute approximate surface area is 217 Å². The first-order valence-electron chi connectivity index (χ1n) is 11.8. The molecule has 0 aliphatic carbocycles. The highest BCUT2D eigenvalue weighted by Gasteiger charge is 2.15. The molecule has 3 heterocycles. The second-order valence-corrected chi connectivity index (χ2v) is 14.3. The molecular weight excluding hydrogens is 568 g/mol. The first kappa shape index (κ1) is 25.7. The second-order valence-electron chi connectivity index (χ2n) is 8.31. The smallest absolute Gasteiger partial charge is 0.0705 e. The van der Waals surface area contributed by atoms with Crippen LogP contribution in [0.1, 0.15) is 89.5 Å². The zero-order valence-corrected chi connectivity index (χ0v) is 24.2. The summed E-state index contributed by atoms with van der Waals surface area (Å²) in [5.74, 6) is 0. The maximum Gasteiger partial charge on any atom is 0.0705 e. The van der Waals surface area contributed by atoms with Gasteiger partial charge in [-0.1, -0.05) is 77.6 Å². The Balaban J connectivity index is 1.43. The molecule has 0 fully saturated rings. The van der Waals surface area contributed by atoms with Crippen molar-refractivity contribution in [1.29, 1.82) is 0 Å². The van der Waals surface area contributed by atoms with Crippen LogP contribution in [-0.2, 0) is 6.42 Å². The molecule has 0 radical (unpaired) electrons. The van der Waals surface area contributed by atoms with Crippen LogP contribution in [0.15, 0.2) is 37.9 Å².